The molecule has 2 heterocycles. The van der Waals surface area contributed by atoms with Gasteiger partial charge >= 0.3 is 0 Å². The molecule has 0 radical (unpaired) electrons. The zero-order valence-electron chi connectivity index (χ0n) is 22.7. The Labute approximate surface area is 224 Å². The van der Waals surface area contributed by atoms with E-state index in [9.17, 15) is 9.59 Å². The number of amides is 1. The molecule has 4 aliphatic rings. The number of carbonyl (C=O) groups is 2. The number of fused-ring (bicyclic) bond motifs is 2. The Kier molecular flexibility index (Phi) is 6.82. The summed E-state index contributed by atoms with van der Waals surface area (Å²) < 4.78 is 18.5. The standard InChI is InChI=1S/C29H37ClN2O5/c1-16-13-22(33)21(23(14-16)35-6)15-32-12-11-20-24(28(32)34)17(2)26-27(25(20)30)37-29(3,36-26)18-7-9-19(10-8-18)31(4)5/h14,18-19H,7-13,15H2,1-6H3. The Morgan fingerprint density at radius 2 is 1.81 bits per heavy atom. The van der Waals surface area contributed by atoms with Gasteiger partial charge in [-0.3, -0.25) is 9.59 Å². The van der Waals surface area contributed by atoms with Crippen LogP contribution in [-0.4, -0.2) is 67.6 Å². The molecule has 2 aliphatic heterocycles. The number of allylic oxidation sites excluding steroid dienone is 2. The van der Waals surface area contributed by atoms with Crippen LogP contribution in [0.5, 0.6) is 11.5 Å². The van der Waals surface area contributed by atoms with Crippen molar-refractivity contribution < 1.29 is 23.8 Å². The first-order valence-corrected chi connectivity index (χ1v) is 13.6. The summed E-state index contributed by atoms with van der Waals surface area (Å²) >= 11 is 6.89. The number of nitrogens with zero attached hydrogens (tertiary/aromatic N) is 2. The van der Waals surface area contributed by atoms with Crippen molar-refractivity contribution in [2.45, 2.75) is 71.1 Å². The number of hydrogen-bond acceptors (Lipinski definition) is 6. The van der Waals surface area contributed by atoms with Gasteiger partial charge in [-0.1, -0.05) is 17.2 Å². The minimum Gasteiger partial charge on any atom is -0.496 e. The fraction of sp³-hybridized carbons (Fsp3) is 0.586. The summed E-state index contributed by atoms with van der Waals surface area (Å²) in [6, 6.07) is 0.578. The van der Waals surface area contributed by atoms with Gasteiger partial charge in [0.1, 0.15) is 5.76 Å². The fourth-order valence-corrected chi connectivity index (χ4v) is 6.67. The third kappa shape index (κ3) is 4.44. The van der Waals surface area contributed by atoms with Crippen LogP contribution in [0.2, 0.25) is 5.02 Å². The van der Waals surface area contributed by atoms with Crippen molar-refractivity contribution in [3.05, 3.63) is 44.7 Å². The average Bonchev–Trinajstić information content (AvgIpc) is 3.24. The minimum atomic E-state index is -0.808. The van der Waals surface area contributed by atoms with Crippen molar-refractivity contribution in [2.24, 2.45) is 5.92 Å². The summed E-state index contributed by atoms with van der Waals surface area (Å²) in [6.07, 6.45) is 7.02. The molecule has 0 spiro atoms. The van der Waals surface area contributed by atoms with Crippen molar-refractivity contribution in [1.29, 1.82) is 0 Å². The highest BCUT2D eigenvalue weighted by molar-refractivity contribution is 6.34. The van der Waals surface area contributed by atoms with Crippen molar-refractivity contribution in [1.82, 2.24) is 9.80 Å². The molecule has 1 unspecified atom stereocenters. The van der Waals surface area contributed by atoms with Gasteiger partial charge in [0, 0.05) is 37.4 Å². The third-order valence-electron chi connectivity index (χ3n) is 8.62. The van der Waals surface area contributed by atoms with Crippen LogP contribution >= 0.6 is 11.6 Å². The molecule has 1 atom stereocenters. The predicted molar refractivity (Wildman–Crippen MR) is 142 cm³/mol. The molecule has 1 saturated carbocycles. The second-order valence-corrected chi connectivity index (χ2v) is 11.6. The van der Waals surface area contributed by atoms with Gasteiger partial charge in [-0.15, -0.1) is 0 Å². The molecule has 0 saturated heterocycles. The van der Waals surface area contributed by atoms with E-state index in [0.29, 0.717) is 58.8 Å². The van der Waals surface area contributed by atoms with Gasteiger partial charge in [0.05, 0.1) is 29.8 Å². The van der Waals surface area contributed by atoms with Crippen molar-refractivity contribution >= 4 is 23.3 Å². The molecule has 0 aromatic heterocycles. The van der Waals surface area contributed by atoms with E-state index >= 15 is 0 Å². The maximum absolute atomic E-state index is 13.8. The number of hydrogen-bond donors (Lipinski definition) is 0. The molecule has 8 heteroatoms. The number of halogens is 1. The molecule has 2 aliphatic carbocycles. The van der Waals surface area contributed by atoms with E-state index in [-0.39, 0.29) is 24.2 Å². The van der Waals surface area contributed by atoms with Crippen LogP contribution in [0.1, 0.15) is 67.4 Å². The molecule has 0 N–H and O–H groups in total. The zero-order valence-corrected chi connectivity index (χ0v) is 23.5. The van der Waals surface area contributed by atoms with Crippen LogP contribution in [0, 0.1) is 12.8 Å². The monoisotopic (exact) mass is 528 g/mol. The molecule has 1 fully saturated rings. The largest absolute Gasteiger partial charge is 0.496 e. The van der Waals surface area contributed by atoms with Crippen LogP contribution in [0.3, 0.4) is 0 Å². The summed E-state index contributed by atoms with van der Waals surface area (Å²) in [5.74, 6) is 0.947. The molecule has 37 heavy (non-hydrogen) atoms. The first kappa shape index (κ1) is 26.1. The highest BCUT2D eigenvalue weighted by Gasteiger charge is 2.48. The molecule has 5 rings (SSSR count). The van der Waals surface area contributed by atoms with Crippen molar-refractivity contribution in [3.63, 3.8) is 0 Å². The molecule has 200 valence electrons. The van der Waals surface area contributed by atoms with E-state index in [1.54, 1.807) is 12.0 Å². The lowest BCUT2D eigenvalue weighted by molar-refractivity contribution is -0.123. The van der Waals surface area contributed by atoms with Crippen LogP contribution in [0.15, 0.2) is 23.0 Å². The molecule has 1 aromatic carbocycles. The van der Waals surface area contributed by atoms with Crippen molar-refractivity contribution in [2.75, 3.05) is 34.3 Å². The Morgan fingerprint density at radius 1 is 1.14 bits per heavy atom. The third-order valence-corrected chi connectivity index (χ3v) is 9.02. The van der Waals surface area contributed by atoms with Gasteiger partial charge in [0.25, 0.3) is 11.7 Å². The molecule has 0 bridgehead atoms. The Bertz CT molecular complexity index is 1210. The highest BCUT2D eigenvalue weighted by atomic mass is 35.5. The molecule has 1 amide bonds. The Hall–Kier alpha value is -2.51. The number of rotatable bonds is 5. The molecule has 1 aromatic rings. The molecular weight excluding hydrogens is 492 g/mol. The maximum Gasteiger partial charge on any atom is 0.254 e. The SMILES string of the molecule is COC1=C(CN2CCc3c(Cl)c4c(c(C)c3C2=O)OC(C)(C2CCC(N(C)C)CC2)O4)C(=O)CC(C)=C1. The van der Waals surface area contributed by atoms with E-state index in [2.05, 4.69) is 19.0 Å². The maximum atomic E-state index is 13.8. The minimum absolute atomic E-state index is 0.00403. The van der Waals surface area contributed by atoms with Crippen LogP contribution in [-0.2, 0) is 16.0 Å². The first-order valence-electron chi connectivity index (χ1n) is 13.2. The normalized spacial score (nSPS) is 27.6. The van der Waals surface area contributed by atoms with E-state index in [1.165, 1.54) is 0 Å². The number of carbonyl (C=O) groups excluding carboxylic acids is 2. The zero-order chi connectivity index (χ0) is 26.6. The fourth-order valence-electron chi connectivity index (χ4n) is 6.36. The second-order valence-electron chi connectivity index (χ2n) is 11.3. The van der Waals surface area contributed by atoms with Gasteiger partial charge in [-0.25, -0.2) is 0 Å². The van der Waals surface area contributed by atoms with Crippen LogP contribution < -0.4 is 9.47 Å². The lowest BCUT2D eigenvalue weighted by atomic mass is 9.81. The van der Waals surface area contributed by atoms with E-state index < -0.39 is 5.79 Å². The lowest BCUT2D eigenvalue weighted by Crippen LogP contribution is -2.46. The summed E-state index contributed by atoms with van der Waals surface area (Å²) in [5.41, 5.74) is 3.61. The summed E-state index contributed by atoms with van der Waals surface area (Å²) in [4.78, 5) is 30.6. The van der Waals surface area contributed by atoms with Gasteiger partial charge in [0.15, 0.2) is 17.3 Å². The quantitative estimate of drug-likeness (QED) is 0.531. The topological polar surface area (TPSA) is 68.3 Å². The van der Waals surface area contributed by atoms with Gasteiger partial charge in [0.2, 0.25) is 0 Å². The smallest absolute Gasteiger partial charge is 0.254 e. The molecular formula is C29H37ClN2O5. The van der Waals surface area contributed by atoms with Crippen LogP contribution in [0.25, 0.3) is 0 Å². The number of benzene rings is 1. The average molecular weight is 529 g/mol. The summed E-state index contributed by atoms with van der Waals surface area (Å²) in [6.45, 7) is 6.49. The number of ether oxygens (including phenoxy) is 3. The van der Waals surface area contributed by atoms with E-state index in [0.717, 1.165) is 42.4 Å². The summed E-state index contributed by atoms with van der Waals surface area (Å²) in [7, 11) is 5.82. The summed E-state index contributed by atoms with van der Waals surface area (Å²) in [5, 5.41) is 0.471. The van der Waals surface area contributed by atoms with Gasteiger partial charge < -0.3 is 24.0 Å². The first-order chi connectivity index (χ1) is 17.5. The lowest BCUT2D eigenvalue weighted by Gasteiger charge is -2.39. The number of Topliss-reactive ketones (excluding diaryl/α,β-unsaturated/α-hetero) is 1. The highest BCUT2D eigenvalue weighted by Crippen LogP contribution is 2.54. The Balaban J connectivity index is 1.42. The molecule has 7 nitrogen and oxygen atoms in total. The van der Waals surface area contributed by atoms with Crippen molar-refractivity contribution in [3.8, 4) is 11.5 Å². The second kappa shape index (κ2) is 9.66. The van der Waals surface area contributed by atoms with Crippen LogP contribution in [0.4, 0.5) is 0 Å². The van der Waals surface area contributed by atoms with Gasteiger partial charge in [-0.2, -0.15) is 0 Å². The van der Waals surface area contributed by atoms with E-state index in [4.69, 9.17) is 25.8 Å². The van der Waals surface area contributed by atoms with Gasteiger partial charge in [-0.05, 0) is 71.7 Å². The number of ketones is 1. The van der Waals surface area contributed by atoms with E-state index in [1.807, 2.05) is 26.8 Å². The number of methoxy groups -OCH3 is 1. The predicted octanol–water partition coefficient (Wildman–Crippen LogP) is 5.07. The Morgan fingerprint density at radius 3 is 2.46 bits per heavy atom.